The molecule has 1 aromatic rings. The maximum atomic E-state index is 5.19. The van der Waals surface area contributed by atoms with Crippen LogP contribution in [0.5, 0.6) is 0 Å². The second-order valence-corrected chi connectivity index (χ2v) is 3.46. The van der Waals surface area contributed by atoms with E-state index in [9.17, 15) is 0 Å². The average Bonchev–Trinajstić information content (AvgIpc) is 2.12. The monoisotopic (exact) mass is 190 g/mol. The molecule has 0 amide bonds. The Hall–Kier alpha value is -0.860. The predicted octanol–water partition coefficient (Wildman–Crippen LogP) is 2.80. The first kappa shape index (κ1) is 7.77. The average molecular weight is 190 g/mol. The summed E-state index contributed by atoms with van der Waals surface area (Å²) < 4.78 is 0. The second-order valence-electron chi connectivity index (χ2n) is 2.61. The zero-order chi connectivity index (χ0) is 8.55. The first-order valence-electron chi connectivity index (χ1n) is 3.65. The Morgan fingerprint density at radius 3 is 2.50 bits per heavy atom. The van der Waals surface area contributed by atoms with Crippen LogP contribution < -0.4 is 0 Å². The van der Waals surface area contributed by atoms with Crippen molar-refractivity contribution in [2.45, 2.75) is 0 Å². The first-order chi connectivity index (χ1) is 5.79. The molecule has 0 aromatic heterocycles. The van der Waals surface area contributed by atoms with Crippen LogP contribution in [-0.2, 0) is 0 Å². The van der Waals surface area contributed by atoms with Crippen LogP contribution in [0, 0.1) is 0 Å². The van der Waals surface area contributed by atoms with Crippen LogP contribution in [0.1, 0.15) is 11.1 Å². The van der Waals surface area contributed by atoms with Crippen molar-refractivity contribution in [3.8, 4) is 0 Å². The number of allylic oxidation sites excluding steroid dienone is 1. The summed E-state index contributed by atoms with van der Waals surface area (Å²) in [6, 6.07) is 8.03. The highest BCUT2D eigenvalue weighted by Crippen LogP contribution is 2.18. The van der Waals surface area contributed by atoms with Crippen molar-refractivity contribution in [3.63, 3.8) is 0 Å². The lowest BCUT2D eigenvalue weighted by molar-refractivity contribution is 1.62. The highest BCUT2D eigenvalue weighted by molar-refractivity contribution is 7.90. The van der Waals surface area contributed by atoms with Gasteiger partial charge in [-0.15, -0.1) is 0 Å². The van der Waals surface area contributed by atoms with E-state index in [1.807, 2.05) is 36.4 Å². The molecule has 0 heterocycles. The second kappa shape index (κ2) is 2.88. The Balaban J connectivity index is 2.67. The molecule has 0 radical (unpaired) electrons. The molecule has 2 heteroatoms. The van der Waals surface area contributed by atoms with Crippen molar-refractivity contribution in [2.75, 3.05) is 0 Å². The van der Waals surface area contributed by atoms with Crippen molar-refractivity contribution in [1.82, 2.24) is 0 Å². The molecule has 0 saturated carbocycles. The van der Waals surface area contributed by atoms with E-state index in [1.165, 1.54) is 0 Å². The van der Waals surface area contributed by atoms with Gasteiger partial charge in [-0.25, -0.2) is 0 Å². The topological polar surface area (TPSA) is 0 Å². The molecule has 0 spiro atoms. The molecule has 0 aliphatic heterocycles. The summed E-state index contributed by atoms with van der Waals surface area (Å²) in [6.45, 7) is 0. The van der Waals surface area contributed by atoms with Gasteiger partial charge in [-0.3, -0.25) is 0 Å². The number of hydrogen-bond acceptors (Lipinski definition) is 2. The lowest BCUT2D eigenvalue weighted by atomic mass is 9.97. The fourth-order valence-corrected chi connectivity index (χ4v) is 1.65. The number of hydrogen-bond donors (Lipinski definition) is 0. The predicted molar refractivity (Wildman–Crippen MR) is 59.8 cm³/mol. The van der Waals surface area contributed by atoms with Crippen molar-refractivity contribution >= 4 is 40.2 Å². The van der Waals surface area contributed by atoms with Crippen LogP contribution in [0.15, 0.2) is 30.3 Å². The molecule has 0 fully saturated rings. The summed E-state index contributed by atoms with van der Waals surface area (Å²) in [5, 5.41) is 0. The SMILES string of the molecule is S=C1C=Cc2ccccc2C1=S. The number of benzene rings is 1. The van der Waals surface area contributed by atoms with Gasteiger partial charge in [0.15, 0.2) is 0 Å². The van der Waals surface area contributed by atoms with E-state index in [1.54, 1.807) is 0 Å². The van der Waals surface area contributed by atoms with Gasteiger partial charge in [0, 0.05) is 5.56 Å². The number of fused-ring (bicyclic) bond motifs is 1. The molecule has 0 saturated heterocycles. The van der Waals surface area contributed by atoms with Gasteiger partial charge >= 0.3 is 0 Å². The highest BCUT2D eigenvalue weighted by Gasteiger charge is 2.12. The van der Waals surface area contributed by atoms with Crippen LogP contribution in [0.25, 0.3) is 6.08 Å². The summed E-state index contributed by atoms with van der Waals surface area (Å²) in [6.07, 6.45) is 3.90. The van der Waals surface area contributed by atoms with E-state index in [-0.39, 0.29) is 0 Å². The van der Waals surface area contributed by atoms with Gasteiger partial charge in [0.25, 0.3) is 0 Å². The molecule has 0 atom stereocenters. The van der Waals surface area contributed by atoms with Gasteiger partial charge in [0.1, 0.15) is 0 Å². The van der Waals surface area contributed by atoms with E-state index >= 15 is 0 Å². The quantitative estimate of drug-likeness (QED) is 0.577. The Bertz CT molecular complexity index is 389. The molecule has 58 valence electrons. The fraction of sp³-hybridized carbons (Fsp3) is 0. The molecule has 1 aliphatic carbocycles. The number of rotatable bonds is 0. The summed E-state index contributed by atoms with van der Waals surface area (Å²) in [4.78, 5) is 1.56. The third-order valence-electron chi connectivity index (χ3n) is 1.84. The molecule has 0 N–H and O–H groups in total. The van der Waals surface area contributed by atoms with Crippen LogP contribution in [0.4, 0.5) is 0 Å². The standard InChI is InChI=1S/C10H6S2/c11-9-6-5-7-3-1-2-4-8(7)10(9)12/h1-6H. The summed E-state index contributed by atoms with van der Waals surface area (Å²) in [7, 11) is 0. The zero-order valence-corrected chi connectivity index (χ0v) is 7.91. The Kier molecular flexibility index (Phi) is 1.87. The largest absolute Gasteiger partial charge is 0.0785 e. The third-order valence-corrected chi connectivity index (χ3v) is 2.75. The Morgan fingerprint density at radius 2 is 1.67 bits per heavy atom. The minimum Gasteiger partial charge on any atom is -0.0785 e. The van der Waals surface area contributed by atoms with Crippen LogP contribution >= 0.6 is 24.4 Å². The summed E-state index contributed by atoms with van der Waals surface area (Å²) in [5.74, 6) is 0. The van der Waals surface area contributed by atoms with Crippen molar-refractivity contribution in [1.29, 1.82) is 0 Å². The van der Waals surface area contributed by atoms with Gasteiger partial charge < -0.3 is 0 Å². The molecule has 0 unspecified atom stereocenters. The van der Waals surface area contributed by atoms with Gasteiger partial charge in [-0.1, -0.05) is 54.8 Å². The van der Waals surface area contributed by atoms with E-state index in [4.69, 9.17) is 24.4 Å². The fourth-order valence-electron chi connectivity index (χ4n) is 1.22. The van der Waals surface area contributed by atoms with Crippen LogP contribution in [0.3, 0.4) is 0 Å². The smallest absolute Gasteiger partial charge is 0.0636 e. The molecular weight excluding hydrogens is 184 g/mol. The maximum absolute atomic E-state index is 5.19. The van der Waals surface area contributed by atoms with Gasteiger partial charge in [-0.2, -0.15) is 0 Å². The Labute approximate surface area is 81.9 Å². The molecule has 1 aromatic carbocycles. The summed E-state index contributed by atoms with van der Waals surface area (Å²) >= 11 is 10.3. The zero-order valence-electron chi connectivity index (χ0n) is 6.28. The normalized spacial score (nSPS) is 14.7. The van der Waals surface area contributed by atoms with Gasteiger partial charge in [0.05, 0.1) is 9.73 Å². The molecule has 0 bridgehead atoms. The van der Waals surface area contributed by atoms with E-state index in [0.29, 0.717) is 0 Å². The number of thiocarbonyl (C=S) groups is 2. The van der Waals surface area contributed by atoms with Crippen LogP contribution in [0.2, 0.25) is 0 Å². The van der Waals surface area contributed by atoms with E-state index in [0.717, 1.165) is 20.9 Å². The molecule has 2 rings (SSSR count). The van der Waals surface area contributed by atoms with Crippen molar-refractivity contribution < 1.29 is 0 Å². The third kappa shape index (κ3) is 1.13. The molecule has 1 aliphatic rings. The Morgan fingerprint density at radius 1 is 0.917 bits per heavy atom. The lowest BCUT2D eigenvalue weighted by Gasteiger charge is -2.10. The molecule has 12 heavy (non-hydrogen) atoms. The minimum atomic E-state index is 0.767. The van der Waals surface area contributed by atoms with Crippen LogP contribution in [-0.4, -0.2) is 9.73 Å². The van der Waals surface area contributed by atoms with Gasteiger partial charge in [-0.05, 0) is 11.6 Å². The maximum Gasteiger partial charge on any atom is 0.0636 e. The van der Waals surface area contributed by atoms with Gasteiger partial charge in [0.2, 0.25) is 0 Å². The van der Waals surface area contributed by atoms with Crippen molar-refractivity contribution in [2.24, 2.45) is 0 Å². The highest BCUT2D eigenvalue weighted by atomic mass is 32.1. The minimum absolute atomic E-state index is 0.767. The first-order valence-corrected chi connectivity index (χ1v) is 4.46. The van der Waals surface area contributed by atoms with E-state index in [2.05, 4.69) is 0 Å². The van der Waals surface area contributed by atoms with Crippen molar-refractivity contribution in [3.05, 3.63) is 41.5 Å². The molecule has 0 nitrogen and oxygen atoms in total. The summed E-state index contributed by atoms with van der Waals surface area (Å²) in [5.41, 5.74) is 2.25. The van der Waals surface area contributed by atoms with E-state index < -0.39 is 0 Å². The molecular formula is C10H6S2. The lowest BCUT2D eigenvalue weighted by Crippen LogP contribution is -2.12.